The number of aromatic nitrogens is 4. The molecule has 3 N–H and O–H groups in total. The molecule has 0 aliphatic heterocycles. The first kappa shape index (κ1) is 9.59. The summed E-state index contributed by atoms with van der Waals surface area (Å²) in [4.78, 5) is 0. The fourth-order valence-corrected chi connectivity index (χ4v) is 2.16. The monoisotopic (exact) mass is 237 g/mol. The van der Waals surface area contributed by atoms with Crippen molar-refractivity contribution in [1.82, 2.24) is 20.0 Å². The Balaban J connectivity index is 2.17. The van der Waals surface area contributed by atoms with E-state index in [-0.39, 0.29) is 0 Å². The Morgan fingerprint density at radius 3 is 2.94 bits per heavy atom. The molecule has 0 fully saturated rings. The number of nitrogen functional groups attached to an aromatic ring is 1. The molecule has 0 aromatic carbocycles. The molecular weight excluding hydrogens is 226 g/mol. The van der Waals surface area contributed by atoms with Crippen LogP contribution in [0.3, 0.4) is 0 Å². The van der Waals surface area contributed by atoms with Crippen molar-refractivity contribution < 1.29 is 4.52 Å². The largest absolute Gasteiger partial charge is 0.360 e. The van der Waals surface area contributed by atoms with E-state index in [1.165, 1.54) is 4.68 Å². The molecule has 16 heavy (non-hydrogen) atoms. The van der Waals surface area contributed by atoms with E-state index >= 15 is 0 Å². The Kier molecular flexibility index (Phi) is 2.06. The zero-order chi connectivity index (χ0) is 11.1. The summed E-state index contributed by atoms with van der Waals surface area (Å²) in [6, 6.07) is 0. The second-order valence-electron chi connectivity index (χ2n) is 3.86. The topological polar surface area (TPSA) is 85.7 Å². The van der Waals surface area contributed by atoms with Crippen LogP contribution in [0.25, 0.3) is 11.5 Å². The number of nitrogens with two attached hydrogens (primary N) is 1. The number of fused-ring (bicyclic) bond motifs is 1. The van der Waals surface area contributed by atoms with Gasteiger partial charge in [-0.3, -0.25) is 0 Å². The van der Waals surface area contributed by atoms with E-state index in [4.69, 9.17) is 22.6 Å². The van der Waals surface area contributed by atoms with Crippen LogP contribution in [-0.2, 0) is 12.8 Å². The van der Waals surface area contributed by atoms with Crippen molar-refractivity contribution in [2.75, 3.05) is 5.84 Å². The molecule has 2 aromatic heterocycles. The van der Waals surface area contributed by atoms with Crippen molar-refractivity contribution in [3.05, 3.63) is 16.1 Å². The smallest absolute Gasteiger partial charge is 0.214 e. The molecule has 3 rings (SSSR count). The Hall–Kier alpha value is -1.63. The normalized spacial score (nSPS) is 15.0. The first-order valence-electron chi connectivity index (χ1n) is 5.17. The van der Waals surface area contributed by atoms with Crippen LogP contribution >= 0.6 is 12.2 Å². The first-order valence-corrected chi connectivity index (χ1v) is 5.58. The fourth-order valence-electron chi connectivity index (χ4n) is 2.03. The molecule has 0 bridgehead atoms. The van der Waals surface area contributed by atoms with Crippen LogP contribution in [0.15, 0.2) is 4.52 Å². The molecular formula is C9H11N5OS. The molecule has 0 spiro atoms. The van der Waals surface area contributed by atoms with Crippen LogP contribution in [0.1, 0.15) is 24.2 Å². The highest BCUT2D eigenvalue weighted by Crippen LogP contribution is 2.29. The van der Waals surface area contributed by atoms with Gasteiger partial charge in [0, 0.05) is 12.0 Å². The minimum atomic E-state index is 0.377. The highest BCUT2D eigenvalue weighted by atomic mass is 32.1. The van der Waals surface area contributed by atoms with Crippen molar-refractivity contribution in [3.63, 3.8) is 0 Å². The molecule has 0 radical (unpaired) electrons. The third-order valence-corrected chi connectivity index (χ3v) is 3.15. The van der Waals surface area contributed by atoms with Gasteiger partial charge in [0.15, 0.2) is 5.69 Å². The van der Waals surface area contributed by atoms with E-state index in [0.29, 0.717) is 16.3 Å². The quantitative estimate of drug-likeness (QED) is 0.574. The number of hydrogen-bond donors (Lipinski definition) is 2. The summed E-state index contributed by atoms with van der Waals surface area (Å²) in [7, 11) is 0. The van der Waals surface area contributed by atoms with E-state index in [2.05, 4.69) is 15.4 Å². The third kappa shape index (κ3) is 1.28. The number of nitrogens with zero attached hydrogens (tertiary/aromatic N) is 3. The van der Waals surface area contributed by atoms with Crippen molar-refractivity contribution in [1.29, 1.82) is 0 Å². The molecule has 1 aliphatic rings. The summed E-state index contributed by atoms with van der Waals surface area (Å²) in [6.07, 6.45) is 4.21. The van der Waals surface area contributed by atoms with Crippen molar-refractivity contribution >= 4 is 12.2 Å². The minimum absolute atomic E-state index is 0.377. The minimum Gasteiger partial charge on any atom is -0.360 e. The first-order chi connectivity index (χ1) is 7.77. The third-order valence-electron chi connectivity index (χ3n) is 2.87. The van der Waals surface area contributed by atoms with E-state index in [1.807, 2.05) is 0 Å². The second kappa shape index (κ2) is 3.44. The van der Waals surface area contributed by atoms with Gasteiger partial charge < -0.3 is 10.4 Å². The van der Waals surface area contributed by atoms with Gasteiger partial charge in [0.05, 0.1) is 0 Å². The average molecular weight is 237 g/mol. The summed E-state index contributed by atoms with van der Waals surface area (Å²) in [5.41, 5.74) is 1.83. The van der Waals surface area contributed by atoms with Gasteiger partial charge in [-0.1, -0.05) is 5.16 Å². The van der Waals surface area contributed by atoms with Gasteiger partial charge in [0.25, 0.3) is 0 Å². The predicted octanol–water partition coefficient (Wildman–Crippen LogP) is 1.19. The molecule has 0 amide bonds. The van der Waals surface area contributed by atoms with Crippen LogP contribution in [-0.4, -0.2) is 20.0 Å². The molecule has 7 heteroatoms. The van der Waals surface area contributed by atoms with Crippen LogP contribution in [0.4, 0.5) is 0 Å². The predicted molar refractivity (Wildman–Crippen MR) is 59.7 cm³/mol. The maximum absolute atomic E-state index is 5.76. The molecule has 1 aliphatic carbocycles. The van der Waals surface area contributed by atoms with Crippen molar-refractivity contribution in [2.45, 2.75) is 25.7 Å². The van der Waals surface area contributed by atoms with E-state index in [0.717, 1.165) is 37.0 Å². The van der Waals surface area contributed by atoms with Gasteiger partial charge >= 0.3 is 0 Å². The Labute approximate surface area is 96.4 Å². The number of aromatic amines is 1. The summed E-state index contributed by atoms with van der Waals surface area (Å²) in [5, 5.41) is 10.7. The van der Waals surface area contributed by atoms with E-state index in [1.54, 1.807) is 0 Å². The van der Waals surface area contributed by atoms with Crippen molar-refractivity contribution in [3.8, 4) is 11.5 Å². The van der Waals surface area contributed by atoms with Gasteiger partial charge in [-0.2, -0.15) is 5.10 Å². The maximum Gasteiger partial charge on any atom is 0.214 e. The number of aryl methyl sites for hydroxylation is 1. The van der Waals surface area contributed by atoms with Crippen LogP contribution < -0.4 is 5.84 Å². The molecule has 84 valence electrons. The van der Waals surface area contributed by atoms with Crippen molar-refractivity contribution in [2.24, 2.45) is 0 Å². The number of H-pyrrole nitrogens is 1. The Bertz CT molecular complexity index is 581. The van der Waals surface area contributed by atoms with Gasteiger partial charge in [0.2, 0.25) is 10.6 Å². The molecule has 0 saturated carbocycles. The van der Waals surface area contributed by atoms with Crippen LogP contribution in [0.5, 0.6) is 0 Å². The maximum atomic E-state index is 5.76. The highest BCUT2D eigenvalue weighted by molar-refractivity contribution is 7.71. The zero-order valence-corrected chi connectivity index (χ0v) is 9.38. The molecule has 2 heterocycles. The number of nitrogens with one attached hydrogen (secondary N) is 1. The number of hydrogen-bond acceptors (Lipinski definition) is 5. The summed E-state index contributed by atoms with van der Waals surface area (Å²) in [6.45, 7) is 0. The summed E-state index contributed by atoms with van der Waals surface area (Å²) < 4.78 is 7.00. The van der Waals surface area contributed by atoms with Crippen LogP contribution in [0.2, 0.25) is 0 Å². The second-order valence-corrected chi connectivity index (χ2v) is 4.25. The fraction of sp³-hybridized carbons (Fsp3) is 0.444. The lowest BCUT2D eigenvalue weighted by molar-refractivity contribution is 0.373. The highest BCUT2D eigenvalue weighted by Gasteiger charge is 2.23. The van der Waals surface area contributed by atoms with Gasteiger partial charge in [0.1, 0.15) is 5.76 Å². The van der Waals surface area contributed by atoms with Gasteiger partial charge in [-0.05, 0) is 31.5 Å². The molecule has 6 nitrogen and oxygen atoms in total. The summed E-state index contributed by atoms with van der Waals surface area (Å²) >= 11 is 4.96. The average Bonchev–Trinajstić information content (AvgIpc) is 2.85. The SMILES string of the molecule is Nn1c(-c2noc3c2CCCC3)n[nH]c1=S. The molecule has 0 saturated heterocycles. The van der Waals surface area contributed by atoms with Gasteiger partial charge in [-0.15, -0.1) is 0 Å². The van der Waals surface area contributed by atoms with Crippen LogP contribution in [0, 0.1) is 4.77 Å². The van der Waals surface area contributed by atoms with Gasteiger partial charge in [-0.25, -0.2) is 9.77 Å². The molecule has 0 atom stereocenters. The Morgan fingerprint density at radius 1 is 1.38 bits per heavy atom. The lowest BCUT2D eigenvalue weighted by atomic mass is 9.96. The van der Waals surface area contributed by atoms with E-state index in [9.17, 15) is 0 Å². The lowest BCUT2D eigenvalue weighted by Crippen LogP contribution is -2.11. The molecule has 0 unspecified atom stereocenters. The summed E-state index contributed by atoms with van der Waals surface area (Å²) in [5.74, 6) is 7.26. The molecule has 2 aromatic rings. The standard InChI is InChI=1S/C9H11N5OS/c10-14-8(11-12-9(14)16)7-5-3-1-2-4-6(5)15-13-7/h1-4,10H2,(H,12,16). The Morgan fingerprint density at radius 2 is 2.19 bits per heavy atom. The van der Waals surface area contributed by atoms with E-state index < -0.39 is 0 Å². The lowest BCUT2D eigenvalue weighted by Gasteiger charge is -2.08. The number of rotatable bonds is 1. The zero-order valence-electron chi connectivity index (χ0n) is 8.56.